The molecule has 4 amide bonds. The van der Waals surface area contributed by atoms with Gasteiger partial charge in [-0.05, 0) is 46.1 Å². The number of likely N-dealkylation sites (tertiary alicyclic amines) is 1. The van der Waals surface area contributed by atoms with Crippen molar-refractivity contribution in [1.82, 2.24) is 19.7 Å². The lowest BCUT2D eigenvalue weighted by Crippen LogP contribution is -2.52. The molecule has 1 atom stereocenters. The smallest absolute Gasteiger partial charge is 0.410 e. The summed E-state index contributed by atoms with van der Waals surface area (Å²) in [7, 11) is 0. The molecule has 172 valence electrons. The third-order valence-electron chi connectivity index (χ3n) is 6.14. The first-order valence-corrected chi connectivity index (χ1v) is 10.9. The van der Waals surface area contributed by atoms with E-state index in [1.165, 1.54) is 4.90 Å². The normalized spacial score (nSPS) is 22.1. The number of imide groups is 1. The van der Waals surface area contributed by atoms with Crippen LogP contribution in [0.5, 0.6) is 0 Å². The van der Waals surface area contributed by atoms with Crippen molar-refractivity contribution in [3.05, 3.63) is 33.7 Å². The van der Waals surface area contributed by atoms with Crippen molar-refractivity contribution < 1.29 is 23.9 Å². The van der Waals surface area contributed by atoms with Crippen LogP contribution in [0.25, 0.3) is 0 Å². The Balaban J connectivity index is 1.47. The molecule has 3 aliphatic heterocycles. The summed E-state index contributed by atoms with van der Waals surface area (Å²) in [5.41, 5.74) is -0.133. The lowest BCUT2D eigenvalue weighted by Gasteiger charge is -2.34. The molecule has 3 aliphatic rings. The molecule has 1 aromatic heterocycles. The fraction of sp³-hybridized carbons (Fsp3) is 0.591. The Bertz CT molecular complexity index is 1030. The number of rotatable bonds is 2. The molecule has 1 N–H and O–H groups in total. The van der Waals surface area contributed by atoms with Gasteiger partial charge in [0.25, 0.3) is 11.5 Å². The number of fused-ring (bicyclic) bond motifs is 1. The van der Waals surface area contributed by atoms with Gasteiger partial charge in [-0.1, -0.05) is 0 Å². The lowest BCUT2D eigenvalue weighted by molar-refractivity contribution is -0.136. The number of piperidine rings is 2. The van der Waals surface area contributed by atoms with E-state index in [4.69, 9.17) is 4.74 Å². The molecule has 32 heavy (non-hydrogen) atoms. The average Bonchev–Trinajstić information content (AvgIpc) is 3.05. The minimum absolute atomic E-state index is 0.0525. The van der Waals surface area contributed by atoms with Gasteiger partial charge in [0.1, 0.15) is 11.6 Å². The van der Waals surface area contributed by atoms with Crippen molar-refractivity contribution in [3.63, 3.8) is 0 Å². The van der Waals surface area contributed by atoms with Gasteiger partial charge in [0.05, 0.1) is 12.1 Å². The molecule has 0 aliphatic carbocycles. The van der Waals surface area contributed by atoms with Gasteiger partial charge >= 0.3 is 6.09 Å². The summed E-state index contributed by atoms with van der Waals surface area (Å²) in [5.74, 6) is -1.22. The summed E-state index contributed by atoms with van der Waals surface area (Å²) in [5, 5.41) is 2.26. The first kappa shape index (κ1) is 22.0. The van der Waals surface area contributed by atoms with Gasteiger partial charge in [-0.2, -0.15) is 0 Å². The van der Waals surface area contributed by atoms with Gasteiger partial charge < -0.3 is 19.1 Å². The first-order chi connectivity index (χ1) is 15.0. The second-order valence-corrected chi connectivity index (χ2v) is 9.52. The van der Waals surface area contributed by atoms with E-state index in [0.29, 0.717) is 37.1 Å². The molecule has 0 bridgehead atoms. The molecule has 0 aromatic carbocycles. The second-order valence-electron chi connectivity index (χ2n) is 9.52. The topological polar surface area (TPSA) is 118 Å². The van der Waals surface area contributed by atoms with Crippen LogP contribution in [-0.2, 0) is 20.9 Å². The minimum Gasteiger partial charge on any atom is -0.444 e. The van der Waals surface area contributed by atoms with E-state index < -0.39 is 17.6 Å². The maximum Gasteiger partial charge on any atom is 0.410 e. The Morgan fingerprint density at radius 3 is 2.41 bits per heavy atom. The Morgan fingerprint density at radius 1 is 1.09 bits per heavy atom. The van der Waals surface area contributed by atoms with Crippen LogP contribution in [0.2, 0.25) is 0 Å². The molecule has 0 unspecified atom stereocenters. The highest BCUT2D eigenvalue weighted by Gasteiger charge is 2.40. The van der Waals surface area contributed by atoms with Crippen molar-refractivity contribution >= 4 is 23.8 Å². The highest BCUT2D eigenvalue weighted by Crippen LogP contribution is 2.28. The van der Waals surface area contributed by atoms with Gasteiger partial charge in [0.15, 0.2) is 0 Å². The summed E-state index contributed by atoms with van der Waals surface area (Å²) < 4.78 is 7.05. The largest absolute Gasteiger partial charge is 0.444 e. The Labute approximate surface area is 185 Å². The number of ether oxygens (including phenoxy) is 1. The molecule has 0 saturated carbocycles. The summed E-state index contributed by atoms with van der Waals surface area (Å²) in [6, 6.07) is 0.786. The maximum atomic E-state index is 13.2. The third-order valence-corrected chi connectivity index (χ3v) is 6.14. The summed E-state index contributed by atoms with van der Waals surface area (Å²) in [6.45, 7) is 6.47. The van der Waals surface area contributed by atoms with Crippen LogP contribution in [0, 0.1) is 0 Å². The van der Waals surface area contributed by atoms with Crippen LogP contribution in [0.3, 0.4) is 0 Å². The zero-order valence-electron chi connectivity index (χ0n) is 18.6. The van der Waals surface area contributed by atoms with Gasteiger partial charge in [-0.25, -0.2) is 4.79 Å². The number of carbonyl (C=O) groups is 4. The molecule has 10 heteroatoms. The highest BCUT2D eigenvalue weighted by molar-refractivity contribution is 6.05. The van der Waals surface area contributed by atoms with Crippen LogP contribution in [-0.4, -0.2) is 62.9 Å². The van der Waals surface area contributed by atoms with Gasteiger partial charge in [-0.15, -0.1) is 0 Å². The number of hydrogen-bond donors (Lipinski definition) is 1. The standard InChI is InChI=1S/C22H28N4O6/c1-22(2,3)32-21(31)24-9-6-13(7-10-24)25-11-8-14-15(20(25)30)12-26(19(14)29)16-4-5-17(27)23-18(16)28/h8,11,13,16H,4-7,9-10,12H2,1-3H3,(H,23,27,28)/t16-/m1/s1. The number of amides is 4. The number of hydrogen-bond acceptors (Lipinski definition) is 6. The van der Waals surface area contributed by atoms with Crippen molar-refractivity contribution in [1.29, 1.82) is 0 Å². The lowest BCUT2D eigenvalue weighted by atomic mass is 10.0. The molecule has 0 radical (unpaired) electrons. The van der Waals surface area contributed by atoms with Gasteiger partial charge in [-0.3, -0.25) is 24.5 Å². The van der Waals surface area contributed by atoms with Crippen molar-refractivity contribution in [2.75, 3.05) is 13.1 Å². The van der Waals surface area contributed by atoms with E-state index >= 15 is 0 Å². The van der Waals surface area contributed by atoms with E-state index in [1.807, 2.05) is 20.8 Å². The molecule has 10 nitrogen and oxygen atoms in total. The third kappa shape index (κ3) is 4.13. The highest BCUT2D eigenvalue weighted by atomic mass is 16.6. The van der Waals surface area contributed by atoms with Gasteiger partial charge in [0.2, 0.25) is 11.8 Å². The molecule has 4 rings (SSSR count). The first-order valence-electron chi connectivity index (χ1n) is 10.9. The number of carbonyl (C=O) groups excluding carboxylic acids is 4. The zero-order valence-corrected chi connectivity index (χ0v) is 18.6. The summed E-state index contributed by atoms with van der Waals surface area (Å²) in [6.07, 6.45) is 2.88. The number of nitrogens with one attached hydrogen (secondary N) is 1. The second kappa shape index (κ2) is 8.07. The fourth-order valence-corrected chi connectivity index (χ4v) is 4.52. The quantitative estimate of drug-likeness (QED) is 0.685. The van der Waals surface area contributed by atoms with Gasteiger partial charge in [0, 0.05) is 37.3 Å². The number of aromatic nitrogens is 1. The van der Waals surface area contributed by atoms with Crippen LogP contribution in [0.15, 0.2) is 17.1 Å². The van der Waals surface area contributed by atoms with Crippen molar-refractivity contribution in [2.24, 2.45) is 0 Å². The summed E-state index contributed by atoms with van der Waals surface area (Å²) >= 11 is 0. The maximum absolute atomic E-state index is 13.2. The number of pyridine rings is 1. The molecular formula is C22H28N4O6. The van der Waals surface area contributed by atoms with Crippen molar-refractivity contribution in [2.45, 2.75) is 70.7 Å². The van der Waals surface area contributed by atoms with E-state index in [9.17, 15) is 24.0 Å². The monoisotopic (exact) mass is 444 g/mol. The number of nitrogens with zero attached hydrogens (tertiary/aromatic N) is 3. The van der Waals surface area contributed by atoms with Crippen LogP contribution < -0.4 is 10.9 Å². The Kier molecular flexibility index (Phi) is 5.56. The van der Waals surface area contributed by atoms with E-state index in [-0.39, 0.29) is 48.9 Å². The minimum atomic E-state index is -0.752. The van der Waals surface area contributed by atoms with Crippen LogP contribution in [0.1, 0.15) is 68.4 Å². The molecule has 2 fully saturated rings. The Morgan fingerprint density at radius 2 is 1.78 bits per heavy atom. The van der Waals surface area contributed by atoms with E-state index in [1.54, 1.807) is 21.7 Å². The molecule has 0 spiro atoms. The van der Waals surface area contributed by atoms with E-state index in [2.05, 4.69) is 5.32 Å². The average molecular weight is 444 g/mol. The molecule has 1 aromatic rings. The van der Waals surface area contributed by atoms with Crippen LogP contribution >= 0.6 is 0 Å². The molecular weight excluding hydrogens is 416 g/mol. The Hall–Kier alpha value is -3.17. The van der Waals surface area contributed by atoms with Crippen molar-refractivity contribution in [3.8, 4) is 0 Å². The molecule has 4 heterocycles. The van der Waals surface area contributed by atoms with E-state index in [0.717, 1.165) is 0 Å². The predicted octanol–water partition coefficient (Wildman–Crippen LogP) is 1.18. The van der Waals surface area contributed by atoms with Crippen LogP contribution in [0.4, 0.5) is 4.79 Å². The SMILES string of the molecule is CC(C)(C)OC(=O)N1CCC(n2ccc3c(c2=O)CN([C@@H]2CCC(=O)NC2=O)C3=O)CC1. The fourth-order valence-electron chi connectivity index (χ4n) is 4.52. The summed E-state index contributed by atoms with van der Waals surface area (Å²) in [4.78, 5) is 65.0. The predicted molar refractivity (Wildman–Crippen MR) is 113 cm³/mol. The molecule has 2 saturated heterocycles. The zero-order chi connectivity index (χ0) is 23.2.